The summed E-state index contributed by atoms with van der Waals surface area (Å²) in [6, 6.07) is 21.0. The SMILES string of the molecule is N#CC1=C(c2ccccc2)c2ccccc2CC1. The van der Waals surface area contributed by atoms with Crippen LogP contribution in [0.25, 0.3) is 5.57 Å². The Morgan fingerprint density at radius 1 is 0.833 bits per heavy atom. The van der Waals surface area contributed by atoms with Crippen molar-refractivity contribution in [2.24, 2.45) is 0 Å². The van der Waals surface area contributed by atoms with Crippen LogP contribution in [0, 0.1) is 11.3 Å². The van der Waals surface area contributed by atoms with Gasteiger partial charge >= 0.3 is 0 Å². The molecule has 1 nitrogen and oxygen atoms in total. The predicted octanol–water partition coefficient (Wildman–Crippen LogP) is 3.96. The maximum Gasteiger partial charge on any atom is 0.0953 e. The predicted molar refractivity (Wildman–Crippen MR) is 72.8 cm³/mol. The Kier molecular flexibility index (Phi) is 2.70. The Morgan fingerprint density at radius 3 is 2.33 bits per heavy atom. The smallest absolute Gasteiger partial charge is 0.0953 e. The molecular formula is C17H13N. The number of aryl methyl sites for hydroxylation is 1. The van der Waals surface area contributed by atoms with Gasteiger partial charge in [-0.2, -0.15) is 5.26 Å². The van der Waals surface area contributed by atoms with E-state index in [1.165, 1.54) is 11.1 Å². The summed E-state index contributed by atoms with van der Waals surface area (Å²) in [6.45, 7) is 0. The van der Waals surface area contributed by atoms with E-state index in [0.717, 1.165) is 29.6 Å². The molecule has 18 heavy (non-hydrogen) atoms. The minimum absolute atomic E-state index is 0.845. The van der Waals surface area contributed by atoms with Crippen molar-refractivity contribution in [3.8, 4) is 6.07 Å². The van der Waals surface area contributed by atoms with Crippen LogP contribution < -0.4 is 0 Å². The first-order valence-electron chi connectivity index (χ1n) is 6.17. The molecule has 0 N–H and O–H groups in total. The number of fused-ring (bicyclic) bond motifs is 1. The van der Waals surface area contributed by atoms with Crippen molar-refractivity contribution >= 4 is 5.57 Å². The fourth-order valence-corrected chi connectivity index (χ4v) is 2.58. The zero-order chi connectivity index (χ0) is 12.4. The van der Waals surface area contributed by atoms with Crippen LogP contribution in [0.5, 0.6) is 0 Å². The number of nitriles is 1. The van der Waals surface area contributed by atoms with Gasteiger partial charge in [-0.1, -0.05) is 54.6 Å². The van der Waals surface area contributed by atoms with Crippen molar-refractivity contribution in [1.82, 2.24) is 0 Å². The number of allylic oxidation sites excluding steroid dienone is 1. The van der Waals surface area contributed by atoms with E-state index in [1.807, 2.05) is 24.3 Å². The van der Waals surface area contributed by atoms with E-state index in [9.17, 15) is 5.26 Å². The van der Waals surface area contributed by atoms with Crippen LogP contribution in [-0.4, -0.2) is 0 Å². The molecule has 86 valence electrons. The van der Waals surface area contributed by atoms with Crippen molar-refractivity contribution in [2.45, 2.75) is 12.8 Å². The van der Waals surface area contributed by atoms with E-state index in [0.29, 0.717) is 0 Å². The second-order valence-corrected chi connectivity index (χ2v) is 4.49. The summed E-state index contributed by atoms with van der Waals surface area (Å²) in [6.07, 6.45) is 1.81. The molecule has 0 radical (unpaired) electrons. The van der Waals surface area contributed by atoms with Gasteiger partial charge in [0.1, 0.15) is 0 Å². The van der Waals surface area contributed by atoms with Gasteiger partial charge in [0.25, 0.3) is 0 Å². The summed E-state index contributed by atoms with van der Waals surface area (Å²) in [4.78, 5) is 0. The summed E-state index contributed by atoms with van der Waals surface area (Å²) in [5.41, 5.74) is 5.71. The molecule has 0 bridgehead atoms. The number of hydrogen-bond donors (Lipinski definition) is 0. The highest BCUT2D eigenvalue weighted by Crippen LogP contribution is 2.35. The summed E-state index contributed by atoms with van der Waals surface area (Å²) in [7, 11) is 0. The Morgan fingerprint density at radius 2 is 1.56 bits per heavy atom. The maximum atomic E-state index is 9.34. The molecule has 3 rings (SSSR count). The fraction of sp³-hybridized carbons (Fsp3) is 0.118. The van der Waals surface area contributed by atoms with E-state index in [1.54, 1.807) is 0 Å². The Bertz CT molecular complexity index is 645. The Balaban J connectivity index is 2.26. The third-order valence-corrected chi connectivity index (χ3v) is 3.43. The third-order valence-electron chi connectivity index (χ3n) is 3.43. The van der Waals surface area contributed by atoms with Crippen molar-refractivity contribution < 1.29 is 0 Å². The highest BCUT2D eigenvalue weighted by Gasteiger charge is 2.19. The topological polar surface area (TPSA) is 23.8 Å². The van der Waals surface area contributed by atoms with Crippen LogP contribution in [0.1, 0.15) is 23.1 Å². The molecular weight excluding hydrogens is 218 g/mol. The van der Waals surface area contributed by atoms with Crippen LogP contribution in [0.4, 0.5) is 0 Å². The van der Waals surface area contributed by atoms with E-state index in [-0.39, 0.29) is 0 Å². The first-order valence-corrected chi connectivity index (χ1v) is 6.17. The summed E-state index contributed by atoms with van der Waals surface area (Å²) >= 11 is 0. The van der Waals surface area contributed by atoms with Crippen LogP contribution in [0.2, 0.25) is 0 Å². The molecule has 1 heteroatoms. The van der Waals surface area contributed by atoms with Gasteiger partial charge in [0.05, 0.1) is 6.07 Å². The largest absolute Gasteiger partial charge is 0.193 e. The van der Waals surface area contributed by atoms with Gasteiger partial charge in [-0.05, 0) is 29.5 Å². The van der Waals surface area contributed by atoms with Gasteiger partial charge in [0.2, 0.25) is 0 Å². The van der Waals surface area contributed by atoms with Gasteiger partial charge < -0.3 is 0 Å². The van der Waals surface area contributed by atoms with Gasteiger partial charge in [0.15, 0.2) is 0 Å². The third kappa shape index (κ3) is 1.72. The number of hydrogen-bond acceptors (Lipinski definition) is 1. The number of benzene rings is 2. The Hall–Kier alpha value is -2.33. The molecule has 0 spiro atoms. The quantitative estimate of drug-likeness (QED) is 0.728. The lowest BCUT2D eigenvalue weighted by molar-refractivity contribution is 0.944. The number of rotatable bonds is 1. The monoisotopic (exact) mass is 231 g/mol. The molecule has 0 aromatic heterocycles. The molecule has 0 aliphatic heterocycles. The standard InChI is InChI=1S/C17H13N/c18-12-15-11-10-13-6-4-5-9-16(13)17(15)14-7-2-1-3-8-14/h1-9H,10-11H2. The molecule has 2 aromatic rings. The molecule has 0 fully saturated rings. The molecule has 1 aliphatic carbocycles. The van der Waals surface area contributed by atoms with E-state index >= 15 is 0 Å². The van der Waals surface area contributed by atoms with Crippen molar-refractivity contribution in [1.29, 1.82) is 5.26 Å². The zero-order valence-electron chi connectivity index (χ0n) is 10.1. The van der Waals surface area contributed by atoms with Crippen LogP contribution in [-0.2, 0) is 6.42 Å². The van der Waals surface area contributed by atoms with Crippen molar-refractivity contribution in [3.05, 3.63) is 76.9 Å². The fourth-order valence-electron chi connectivity index (χ4n) is 2.58. The first kappa shape index (κ1) is 10.8. The molecule has 0 heterocycles. The molecule has 1 aliphatic rings. The average Bonchev–Trinajstić information content (AvgIpc) is 2.47. The summed E-state index contributed by atoms with van der Waals surface area (Å²) < 4.78 is 0. The lowest BCUT2D eigenvalue weighted by Crippen LogP contribution is -2.05. The lowest BCUT2D eigenvalue weighted by Gasteiger charge is -2.20. The van der Waals surface area contributed by atoms with E-state index in [2.05, 4.69) is 36.4 Å². The Labute approximate surface area is 107 Å². The van der Waals surface area contributed by atoms with E-state index in [4.69, 9.17) is 0 Å². The van der Waals surface area contributed by atoms with Gasteiger partial charge in [-0.3, -0.25) is 0 Å². The van der Waals surface area contributed by atoms with Gasteiger partial charge in [0, 0.05) is 11.1 Å². The minimum Gasteiger partial charge on any atom is -0.193 e. The molecule has 0 saturated carbocycles. The van der Waals surface area contributed by atoms with E-state index < -0.39 is 0 Å². The van der Waals surface area contributed by atoms with Gasteiger partial charge in [-0.15, -0.1) is 0 Å². The second-order valence-electron chi connectivity index (χ2n) is 4.49. The van der Waals surface area contributed by atoms with Crippen LogP contribution in [0.15, 0.2) is 60.2 Å². The lowest BCUT2D eigenvalue weighted by atomic mass is 9.83. The van der Waals surface area contributed by atoms with Gasteiger partial charge in [-0.25, -0.2) is 0 Å². The summed E-state index contributed by atoms with van der Waals surface area (Å²) in [5, 5.41) is 9.34. The molecule has 2 aromatic carbocycles. The highest BCUT2D eigenvalue weighted by molar-refractivity contribution is 5.86. The van der Waals surface area contributed by atoms with Crippen molar-refractivity contribution in [3.63, 3.8) is 0 Å². The average molecular weight is 231 g/mol. The summed E-state index contributed by atoms with van der Waals surface area (Å²) in [5.74, 6) is 0. The first-order chi connectivity index (χ1) is 8.90. The molecule has 0 atom stereocenters. The molecule has 0 saturated heterocycles. The highest BCUT2D eigenvalue weighted by atomic mass is 14.3. The second kappa shape index (κ2) is 4.50. The zero-order valence-corrected chi connectivity index (χ0v) is 10.1. The maximum absolute atomic E-state index is 9.34. The minimum atomic E-state index is 0.845. The van der Waals surface area contributed by atoms with Crippen LogP contribution in [0.3, 0.4) is 0 Å². The normalized spacial score (nSPS) is 13.9. The van der Waals surface area contributed by atoms with Crippen molar-refractivity contribution in [2.75, 3.05) is 0 Å². The van der Waals surface area contributed by atoms with Crippen LogP contribution >= 0.6 is 0 Å². The molecule has 0 amide bonds. The molecule has 0 unspecified atom stereocenters. The number of nitrogens with zero attached hydrogens (tertiary/aromatic N) is 1.